The smallest absolute Gasteiger partial charge is 0.128 e. The van der Waals surface area contributed by atoms with Crippen molar-refractivity contribution < 1.29 is 0 Å². The van der Waals surface area contributed by atoms with Gasteiger partial charge in [0.15, 0.2) is 0 Å². The Morgan fingerprint density at radius 3 is 2.94 bits per heavy atom. The maximum atomic E-state index is 4.77. The Balaban J connectivity index is 1.88. The molecular formula is C14H21BrN2. The number of hydrogen-bond donors (Lipinski definition) is 0. The Morgan fingerprint density at radius 1 is 1.24 bits per heavy atom. The van der Waals surface area contributed by atoms with Gasteiger partial charge in [0.2, 0.25) is 0 Å². The minimum Gasteiger partial charge on any atom is -0.360 e. The molecule has 0 aromatic carbocycles. The largest absolute Gasteiger partial charge is 0.360 e. The number of pyridine rings is 1. The molecule has 0 radical (unpaired) electrons. The van der Waals surface area contributed by atoms with Crippen molar-refractivity contribution in [2.75, 3.05) is 23.8 Å². The quantitative estimate of drug-likeness (QED) is 0.589. The lowest BCUT2D eigenvalue weighted by atomic mass is 10.2. The molecule has 0 spiro atoms. The molecule has 1 aliphatic rings. The van der Waals surface area contributed by atoms with Gasteiger partial charge in [0.25, 0.3) is 0 Å². The van der Waals surface area contributed by atoms with Crippen LogP contribution >= 0.6 is 15.9 Å². The second-order valence-corrected chi connectivity index (χ2v) is 5.59. The lowest BCUT2D eigenvalue weighted by Gasteiger charge is -2.18. The monoisotopic (exact) mass is 296 g/mol. The SMILES string of the molecule is CN(CCCCCBr)c1ccc2c(n1)CCC2. The van der Waals surface area contributed by atoms with E-state index >= 15 is 0 Å². The van der Waals surface area contributed by atoms with Crippen LogP contribution in [0.1, 0.15) is 36.9 Å². The average Bonchev–Trinajstić information content (AvgIpc) is 2.81. The lowest BCUT2D eigenvalue weighted by molar-refractivity contribution is 0.706. The molecule has 0 fully saturated rings. The van der Waals surface area contributed by atoms with Crippen LogP contribution in [0, 0.1) is 0 Å². The van der Waals surface area contributed by atoms with Crippen molar-refractivity contribution in [2.24, 2.45) is 0 Å². The van der Waals surface area contributed by atoms with Crippen LogP contribution in [0.3, 0.4) is 0 Å². The Labute approximate surface area is 113 Å². The van der Waals surface area contributed by atoms with Gasteiger partial charge < -0.3 is 4.90 Å². The Bertz CT molecular complexity index is 365. The third-order valence-electron chi connectivity index (χ3n) is 3.43. The molecule has 0 atom stereocenters. The predicted molar refractivity (Wildman–Crippen MR) is 77.2 cm³/mol. The fourth-order valence-corrected chi connectivity index (χ4v) is 2.75. The van der Waals surface area contributed by atoms with Crippen LogP contribution in [-0.4, -0.2) is 23.9 Å². The number of aromatic nitrogens is 1. The lowest BCUT2D eigenvalue weighted by Crippen LogP contribution is -2.20. The standard InChI is InChI=1S/C14H21BrN2/c1-17(11-4-2-3-10-15)14-9-8-12-6-5-7-13(12)16-14/h8-9H,2-7,10-11H2,1H3. The molecule has 0 amide bonds. The maximum absolute atomic E-state index is 4.77. The molecule has 0 N–H and O–H groups in total. The predicted octanol–water partition coefficient (Wildman–Crippen LogP) is 3.57. The topological polar surface area (TPSA) is 16.1 Å². The summed E-state index contributed by atoms with van der Waals surface area (Å²) >= 11 is 3.47. The maximum Gasteiger partial charge on any atom is 0.128 e. The molecule has 17 heavy (non-hydrogen) atoms. The summed E-state index contributed by atoms with van der Waals surface area (Å²) in [5, 5.41) is 1.12. The zero-order valence-electron chi connectivity index (χ0n) is 10.6. The van der Waals surface area contributed by atoms with E-state index in [9.17, 15) is 0 Å². The van der Waals surface area contributed by atoms with Crippen LogP contribution in [0.4, 0.5) is 5.82 Å². The fourth-order valence-electron chi connectivity index (χ4n) is 2.36. The number of rotatable bonds is 6. The van der Waals surface area contributed by atoms with Crippen LogP contribution in [-0.2, 0) is 12.8 Å². The first-order valence-electron chi connectivity index (χ1n) is 6.57. The van der Waals surface area contributed by atoms with E-state index in [4.69, 9.17) is 4.98 Å². The van der Waals surface area contributed by atoms with Gasteiger partial charge in [0.05, 0.1) is 0 Å². The van der Waals surface area contributed by atoms with E-state index < -0.39 is 0 Å². The van der Waals surface area contributed by atoms with Crippen LogP contribution < -0.4 is 4.90 Å². The second kappa shape index (κ2) is 6.39. The summed E-state index contributed by atoms with van der Waals surface area (Å²) in [6.45, 7) is 1.11. The molecule has 0 saturated carbocycles. The van der Waals surface area contributed by atoms with E-state index in [0.717, 1.165) is 17.7 Å². The van der Waals surface area contributed by atoms with Crippen LogP contribution in [0.5, 0.6) is 0 Å². The number of halogens is 1. The minimum absolute atomic E-state index is 1.11. The van der Waals surface area contributed by atoms with Gasteiger partial charge in [-0.2, -0.15) is 0 Å². The molecule has 2 nitrogen and oxygen atoms in total. The molecule has 0 unspecified atom stereocenters. The Kier molecular flexibility index (Phi) is 4.84. The van der Waals surface area contributed by atoms with Crippen LogP contribution in [0.25, 0.3) is 0 Å². The van der Waals surface area contributed by atoms with Gasteiger partial charge >= 0.3 is 0 Å². The number of alkyl halides is 1. The first kappa shape index (κ1) is 12.9. The van der Waals surface area contributed by atoms with Crippen molar-refractivity contribution in [3.05, 3.63) is 23.4 Å². The second-order valence-electron chi connectivity index (χ2n) is 4.80. The van der Waals surface area contributed by atoms with E-state index in [-0.39, 0.29) is 0 Å². The number of anilines is 1. The number of fused-ring (bicyclic) bond motifs is 1. The Morgan fingerprint density at radius 2 is 2.12 bits per heavy atom. The van der Waals surface area contributed by atoms with Gasteiger partial charge in [-0.15, -0.1) is 0 Å². The Hall–Kier alpha value is -0.570. The zero-order valence-corrected chi connectivity index (χ0v) is 12.2. The van der Waals surface area contributed by atoms with Crippen molar-refractivity contribution in [2.45, 2.75) is 38.5 Å². The summed E-state index contributed by atoms with van der Waals surface area (Å²) in [6, 6.07) is 4.44. The van der Waals surface area contributed by atoms with E-state index in [2.05, 4.69) is 40.0 Å². The molecule has 1 aromatic rings. The highest BCUT2D eigenvalue weighted by molar-refractivity contribution is 9.09. The van der Waals surface area contributed by atoms with Crippen molar-refractivity contribution >= 4 is 21.7 Å². The number of unbranched alkanes of at least 4 members (excludes halogenated alkanes) is 2. The van der Waals surface area contributed by atoms with Crippen molar-refractivity contribution in [3.8, 4) is 0 Å². The van der Waals surface area contributed by atoms with E-state index in [1.54, 1.807) is 0 Å². The number of nitrogens with zero attached hydrogens (tertiary/aromatic N) is 2. The van der Waals surface area contributed by atoms with Gasteiger partial charge in [-0.3, -0.25) is 0 Å². The first-order chi connectivity index (χ1) is 8.31. The third-order valence-corrected chi connectivity index (χ3v) is 3.99. The van der Waals surface area contributed by atoms with Crippen molar-refractivity contribution in [1.29, 1.82) is 0 Å². The molecular weight excluding hydrogens is 276 g/mol. The van der Waals surface area contributed by atoms with Gasteiger partial charge in [-0.05, 0) is 43.7 Å². The van der Waals surface area contributed by atoms with Crippen LogP contribution in [0.2, 0.25) is 0 Å². The van der Waals surface area contributed by atoms with Gasteiger partial charge in [-0.25, -0.2) is 4.98 Å². The average molecular weight is 297 g/mol. The molecule has 1 aromatic heterocycles. The number of aryl methyl sites for hydroxylation is 2. The number of hydrogen-bond acceptors (Lipinski definition) is 2. The molecule has 1 heterocycles. The van der Waals surface area contributed by atoms with E-state index in [0.29, 0.717) is 0 Å². The molecule has 0 aliphatic heterocycles. The fraction of sp³-hybridized carbons (Fsp3) is 0.643. The highest BCUT2D eigenvalue weighted by Crippen LogP contribution is 2.22. The molecule has 3 heteroatoms. The molecule has 1 aliphatic carbocycles. The highest BCUT2D eigenvalue weighted by Gasteiger charge is 2.13. The molecule has 0 bridgehead atoms. The molecule has 0 saturated heterocycles. The summed E-state index contributed by atoms with van der Waals surface area (Å²) in [6.07, 6.45) is 7.48. The summed E-state index contributed by atoms with van der Waals surface area (Å²) in [4.78, 5) is 7.05. The summed E-state index contributed by atoms with van der Waals surface area (Å²) in [5.74, 6) is 1.14. The van der Waals surface area contributed by atoms with E-state index in [1.807, 2.05) is 0 Å². The summed E-state index contributed by atoms with van der Waals surface area (Å²) in [7, 11) is 2.15. The van der Waals surface area contributed by atoms with Crippen molar-refractivity contribution in [3.63, 3.8) is 0 Å². The summed E-state index contributed by atoms with van der Waals surface area (Å²) in [5.41, 5.74) is 2.79. The van der Waals surface area contributed by atoms with Crippen molar-refractivity contribution in [1.82, 2.24) is 4.98 Å². The first-order valence-corrected chi connectivity index (χ1v) is 7.69. The molecule has 94 valence electrons. The highest BCUT2D eigenvalue weighted by atomic mass is 79.9. The van der Waals surface area contributed by atoms with E-state index in [1.165, 1.54) is 49.8 Å². The van der Waals surface area contributed by atoms with Gasteiger partial charge in [0, 0.05) is 24.6 Å². The third kappa shape index (κ3) is 3.44. The van der Waals surface area contributed by atoms with Gasteiger partial charge in [0.1, 0.15) is 5.82 Å². The zero-order chi connectivity index (χ0) is 12.1. The van der Waals surface area contributed by atoms with Gasteiger partial charge in [-0.1, -0.05) is 28.4 Å². The normalized spacial score (nSPS) is 13.8. The minimum atomic E-state index is 1.11. The summed E-state index contributed by atoms with van der Waals surface area (Å²) < 4.78 is 0. The molecule has 2 rings (SSSR count). The van der Waals surface area contributed by atoms with Crippen LogP contribution in [0.15, 0.2) is 12.1 Å².